The van der Waals surface area contributed by atoms with Gasteiger partial charge in [-0.05, 0) is 0 Å². The van der Waals surface area contributed by atoms with E-state index in [-0.39, 0.29) is 57.9 Å². The summed E-state index contributed by atoms with van der Waals surface area (Å²) in [6.07, 6.45) is 0. The molecule has 0 saturated carbocycles. The van der Waals surface area contributed by atoms with E-state index in [0.717, 1.165) is 0 Å². The molecule has 0 aliphatic rings. The standard InChI is InChI=1S/C14H21.HI.Mg/c1-13(2,3)11-8-7-9-12(10-11)14(4,5)6;;/h8-10H,1-6H3;1H;/q-1;;+2/p-1. The zero-order valence-electron chi connectivity index (χ0n) is 11.3. The van der Waals surface area contributed by atoms with Crippen molar-refractivity contribution in [3.63, 3.8) is 0 Å². The topological polar surface area (TPSA) is 0 Å². The molecule has 0 radical (unpaired) electrons. The molecular formula is C14H21IMg. The van der Waals surface area contributed by atoms with Crippen LogP contribution in [0, 0.1) is 6.07 Å². The van der Waals surface area contributed by atoms with Crippen LogP contribution in [0.3, 0.4) is 0 Å². The van der Waals surface area contributed by atoms with Crippen molar-refractivity contribution in [3.8, 4) is 0 Å². The quantitative estimate of drug-likeness (QED) is 0.371. The van der Waals surface area contributed by atoms with E-state index in [0.29, 0.717) is 0 Å². The summed E-state index contributed by atoms with van der Waals surface area (Å²) < 4.78 is 0. The fourth-order valence-electron chi connectivity index (χ4n) is 1.34. The van der Waals surface area contributed by atoms with Gasteiger partial charge in [0.1, 0.15) is 0 Å². The maximum absolute atomic E-state index is 3.24. The van der Waals surface area contributed by atoms with Crippen molar-refractivity contribution >= 4 is 23.1 Å². The van der Waals surface area contributed by atoms with Gasteiger partial charge < -0.3 is 24.0 Å². The monoisotopic (exact) mass is 340 g/mol. The van der Waals surface area contributed by atoms with Crippen LogP contribution in [0.2, 0.25) is 0 Å². The van der Waals surface area contributed by atoms with Gasteiger partial charge in [-0.15, -0.1) is 0 Å². The molecule has 0 atom stereocenters. The van der Waals surface area contributed by atoms with Gasteiger partial charge in [0.05, 0.1) is 0 Å². The summed E-state index contributed by atoms with van der Waals surface area (Å²) in [7, 11) is 0. The van der Waals surface area contributed by atoms with Gasteiger partial charge >= 0.3 is 23.1 Å². The van der Waals surface area contributed by atoms with Gasteiger partial charge in [0.15, 0.2) is 0 Å². The molecule has 0 fully saturated rings. The van der Waals surface area contributed by atoms with Crippen molar-refractivity contribution in [2.45, 2.75) is 52.4 Å². The molecule has 1 aromatic rings. The van der Waals surface area contributed by atoms with Crippen LogP contribution >= 0.6 is 0 Å². The van der Waals surface area contributed by atoms with Crippen LogP contribution in [0.25, 0.3) is 0 Å². The molecule has 86 valence electrons. The molecule has 2 heteroatoms. The van der Waals surface area contributed by atoms with Crippen molar-refractivity contribution in [1.29, 1.82) is 0 Å². The van der Waals surface area contributed by atoms with Gasteiger partial charge in [-0.2, -0.15) is 35.4 Å². The first-order chi connectivity index (χ1) is 6.21. The Balaban J connectivity index is 0. The van der Waals surface area contributed by atoms with E-state index in [2.05, 4.69) is 65.8 Å². The zero-order valence-corrected chi connectivity index (χ0v) is 14.9. The van der Waals surface area contributed by atoms with Crippen molar-refractivity contribution in [2.24, 2.45) is 0 Å². The third-order valence-corrected chi connectivity index (χ3v) is 2.52. The zero-order chi connectivity index (χ0) is 11.0. The molecule has 0 aliphatic heterocycles. The molecular weight excluding hydrogens is 319 g/mol. The van der Waals surface area contributed by atoms with Crippen molar-refractivity contribution in [3.05, 3.63) is 35.4 Å². The molecule has 0 nitrogen and oxygen atoms in total. The fraction of sp³-hybridized carbons (Fsp3) is 0.571. The van der Waals surface area contributed by atoms with Gasteiger partial charge in [-0.3, -0.25) is 0 Å². The Morgan fingerprint density at radius 3 is 1.38 bits per heavy atom. The molecule has 0 amide bonds. The summed E-state index contributed by atoms with van der Waals surface area (Å²) >= 11 is 0. The minimum atomic E-state index is 0. The molecule has 16 heavy (non-hydrogen) atoms. The van der Waals surface area contributed by atoms with Crippen LogP contribution in [0.15, 0.2) is 18.2 Å². The van der Waals surface area contributed by atoms with E-state index in [1.54, 1.807) is 0 Å². The predicted octanol–water partition coefficient (Wildman–Crippen LogP) is 0.705. The maximum Gasteiger partial charge on any atom is 2.00 e. The van der Waals surface area contributed by atoms with Gasteiger partial charge in [0, 0.05) is 0 Å². The van der Waals surface area contributed by atoms with Gasteiger partial charge in [-0.1, -0.05) is 52.4 Å². The van der Waals surface area contributed by atoms with E-state index >= 15 is 0 Å². The Bertz CT molecular complexity index is 289. The first-order valence-electron chi connectivity index (χ1n) is 5.23. The van der Waals surface area contributed by atoms with Gasteiger partial charge in [-0.25, -0.2) is 0 Å². The smallest absolute Gasteiger partial charge is 1.00 e. The van der Waals surface area contributed by atoms with Crippen LogP contribution < -0.4 is 24.0 Å². The molecule has 0 spiro atoms. The van der Waals surface area contributed by atoms with E-state index in [1.165, 1.54) is 11.1 Å². The van der Waals surface area contributed by atoms with Crippen LogP contribution in [-0.2, 0) is 10.8 Å². The largest absolute Gasteiger partial charge is 2.00 e. The van der Waals surface area contributed by atoms with Crippen LogP contribution in [0.1, 0.15) is 52.7 Å². The average molecular weight is 341 g/mol. The average Bonchev–Trinajstić information content (AvgIpc) is 2.01. The second-order valence-corrected chi connectivity index (χ2v) is 6.01. The molecule has 0 bridgehead atoms. The molecule has 0 N–H and O–H groups in total. The van der Waals surface area contributed by atoms with Crippen molar-refractivity contribution in [1.82, 2.24) is 0 Å². The molecule has 0 heterocycles. The predicted molar refractivity (Wildman–Crippen MR) is 68.4 cm³/mol. The molecule has 0 aliphatic carbocycles. The molecule has 0 unspecified atom stereocenters. The van der Waals surface area contributed by atoms with E-state index in [1.807, 2.05) is 0 Å². The van der Waals surface area contributed by atoms with Gasteiger partial charge in [0.2, 0.25) is 0 Å². The van der Waals surface area contributed by atoms with E-state index < -0.39 is 0 Å². The summed E-state index contributed by atoms with van der Waals surface area (Å²) in [5.41, 5.74) is 3.17. The summed E-state index contributed by atoms with van der Waals surface area (Å²) in [5.74, 6) is 0. The van der Waals surface area contributed by atoms with Crippen LogP contribution in [0.5, 0.6) is 0 Å². The minimum Gasteiger partial charge on any atom is -1.00 e. The van der Waals surface area contributed by atoms with E-state index in [9.17, 15) is 0 Å². The number of benzene rings is 1. The molecule has 1 aromatic carbocycles. The Labute approximate surface area is 134 Å². The molecule has 0 saturated heterocycles. The third kappa shape index (κ3) is 5.37. The van der Waals surface area contributed by atoms with E-state index in [4.69, 9.17) is 0 Å². The summed E-state index contributed by atoms with van der Waals surface area (Å²) in [6.45, 7) is 13.4. The Morgan fingerprint density at radius 1 is 0.812 bits per heavy atom. The number of hydrogen-bond acceptors (Lipinski definition) is 0. The third-order valence-electron chi connectivity index (χ3n) is 2.52. The maximum atomic E-state index is 3.24. The normalized spacial score (nSPS) is 11.4. The first kappa shape index (κ1) is 19.1. The van der Waals surface area contributed by atoms with Crippen molar-refractivity contribution < 1.29 is 24.0 Å². The van der Waals surface area contributed by atoms with Crippen LogP contribution in [-0.4, -0.2) is 23.1 Å². The van der Waals surface area contributed by atoms with Gasteiger partial charge in [0.25, 0.3) is 0 Å². The summed E-state index contributed by atoms with van der Waals surface area (Å²) in [4.78, 5) is 0. The minimum absolute atomic E-state index is 0. The van der Waals surface area contributed by atoms with Crippen molar-refractivity contribution in [2.75, 3.05) is 0 Å². The van der Waals surface area contributed by atoms with Crippen LogP contribution in [0.4, 0.5) is 0 Å². The summed E-state index contributed by atoms with van der Waals surface area (Å²) in [5, 5.41) is 0. The fourth-order valence-corrected chi connectivity index (χ4v) is 1.34. The first-order valence-corrected chi connectivity index (χ1v) is 5.23. The second-order valence-electron chi connectivity index (χ2n) is 6.01. The molecule has 1 rings (SSSR count). The SMILES string of the molecule is CC(C)(C)c1c[c-]cc(C(C)(C)C)c1.[I-].[Mg+2]. The Morgan fingerprint density at radius 2 is 1.12 bits per heavy atom. The summed E-state index contributed by atoms with van der Waals surface area (Å²) in [6, 6.07) is 9.73. The number of rotatable bonds is 0. The Kier molecular flexibility index (Phi) is 7.86. The Hall–Kier alpha value is 0.716. The number of halogens is 1. The second kappa shape index (κ2) is 6.60. The molecule has 0 aromatic heterocycles. The number of hydrogen-bond donors (Lipinski definition) is 0.